The number of anilines is 1. The van der Waals surface area contributed by atoms with Crippen LogP contribution in [-0.2, 0) is 12.8 Å². The highest BCUT2D eigenvalue weighted by atomic mass is 35.5. The normalized spacial score (nSPS) is 25.2. The van der Waals surface area contributed by atoms with Gasteiger partial charge in [-0.25, -0.2) is 4.98 Å². The Labute approximate surface area is 176 Å². The van der Waals surface area contributed by atoms with Crippen molar-refractivity contribution in [2.75, 3.05) is 11.5 Å². The highest BCUT2D eigenvalue weighted by Gasteiger charge is 2.43. The monoisotopic (exact) mass is 408 g/mol. The van der Waals surface area contributed by atoms with E-state index in [1.807, 2.05) is 12.1 Å². The van der Waals surface area contributed by atoms with E-state index in [-0.39, 0.29) is 12.4 Å². The van der Waals surface area contributed by atoms with E-state index in [1.54, 1.807) is 0 Å². The van der Waals surface area contributed by atoms with Crippen molar-refractivity contribution in [3.8, 4) is 6.07 Å². The van der Waals surface area contributed by atoms with Gasteiger partial charge in [-0.3, -0.25) is 4.40 Å². The minimum atomic E-state index is 0. The molecule has 5 nitrogen and oxygen atoms in total. The Morgan fingerprint density at radius 3 is 2.55 bits per heavy atom. The van der Waals surface area contributed by atoms with Crippen molar-refractivity contribution in [3.63, 3.8) is 0 Å². The van der Waals surface area contributed by atoms with Crippen LogP contribution in [0.15, 0.2) is 24.3 Å². The number of hydrogen-bond acceptors (Lipinski definition) is 4. The minimum Gasteiger partial charge on any atom is -0.396 e. The number of imidazole rings is 1. The van der Waals surface area contributed by atoms with E-state index in [1.165, 1.54) is 29.8 Å². The molecule has 2 bridgehead atoms. The predicted molar refractivity (Wildman–Crippen MR) is 116 cm³/mol. The lowest BCUT2D eigenvalue weighted by Crippen LogP contribution is -2.45. The maximum Gasteiger partial charge on any atom is 0.157 e. The number of nitrogens with zero attached hydrogens (tertiary/aromatic N) is 4. The van der Waals surface area contributed by atoms with Gasteiger partial charge < -0.3 is 10.0 Å². The minimum absolute atomic E-state index is 0. The molecule has 0 spiro atoms. The van der Waals surface area contributed by atoms with Crippen LogP contribution >= 0.6 is 12.4 Å². The van der Waals surface area contributed by atoms with E-state index in [0.717, 1.165) is 54.3 Å². The van der Waals surface area contributed by atoms with E-state index in [2.05, 4.69) is 27.5 Å². The summed E-state index contributed by atoms with van der Waals surface area (Å²) in [6.07, 6.45) is 7.67. The zero-order valence-corrected chi connectivity index (χ0v) is 17.2. The number of aliphatic hydroxyl groups is 1. The van der Waals surface area contributed by atoms with Crippen LogP contribution in [0.2, 0.25) is 0 Å². The van der Waals surface area contributed by atoms with Crippen LogP contribution in [0.1, 0.15) is 48.8 Å². The third-order valence-electron chi connectivity index (χ3n) is 7.23. The maximum atomic E-state index is 9.96. The molecule has 2 fully saturated rings. The molecular weight excluding hydrogens is 384 g/mol. The molecule has 2 aliphatic heterocycles. The summed E-state index contributed by atoms with van der Waals surface area (Å²) in [4.78, 5) is 7.55. The Bertz CT molecular complexity index is 1130. The fraction of sp³-hybridized carbons (Fsp3) is 0.478. The zero-order valence-electron chi connectivity index (χ0n) is 16.3. The molecule has 4 heterocycles. The summed E-state index contributed by atoms with van der Waals surface area (Å²) >= 11 is 0. The van der Waals surface area contributed by atoms with Gasteiger partial charge in [0.2, 0.25) is 0 Å². The Morgan fingerprint density at radius 2 is 1.83 bits per heavy atom. The van der Waals surface area contributed by atoms with E-state index < -0.39 is 0 Å². The number of nitriles is 1. The van der Waals surface area contributed by atoms with Crippen molar-refractivity contribution in [3.05, 3.63) is 41.0 Å². The summed E-state index contributed by atoms with van der Waals surface area (Å²) in [5, 5.41) is 19.7. The van der Waals surface area contributed by atoms with Crippen molar-refractivity contribution in [2.45, 2.75) is 57.0 Å². The second-order valence-electron chi connectivity index (χ2n) is 8.69. The molecule has 2 aromatic heterocycles. The van der Waals surface area contributed by atoms with Gasteiger partial charge in [-0.2, -0.15) is 5.26 Å². The molecule has 1 aliphatic carbocycles. The molecule has 0 amide bonds. The van der Waals surface area contributed by atoms with Gasteiger partial charge in [0.25, 0.3) is 0 Å². The molecule has 3 atom stereocenters. The lowest BCUT2D eigenvalue weighted by atomic mass is 9.90. The number of aliphatic hydroxyl groups excluding tert-OH is 1. The van der Waals surface area contributed by atoms with Gasteiger partial charge in [0.15, 0.2) is 5.65 Å². The summed E-state index contributed by atoms with van der Waals surface area (Å²) in [5.74, 6) is 1.72. The first-order chi connectivity index (χ1) is 13.8. The van der Waals surface area contributed by atoms with Crippen molar-refractivity contribution in [2.24, 2.45) is 5.92 Å². The molecule has 1 aromatic carbocycles. The molecule has 150 valence electrons. The quantitative estimate of drug-likeness (QED) is 0.695. The first kappa shape index (κ1) is 18.7. The van der Waals surface area contributed by atoms with Gasteiger partial charge in [-0.05, 0) is 74.1 Å². The van der Waals surface area contributed by atoms with Crippen LogP contribution in [0.5, 0.6) is 0 Å². The van der Waals surface area contributed by atoms with Crippen LogP contribution in [-0.4, -0.2) is 33.2 Å². The summed E-state index contributed by atoms with van der Waals surface area (Å²) in [7, 11) is 0. The van der Waals surface area contributed by atoms with E-state index in [4.69, 9.17) is 4.98 Å². The molecule has 1 N–H and O–H groups in total. The molecule has 0 radical (unpaired) electrons. The summed E-state index contributed by atoms with van der Waals surface area (Å²) in [6, 6.07) is 11.7. The Balaban J connectivity index is 0.00000181. The van der Waals surface area contributed by atoms with E-state index in [9.17, 15) is 10.4 Å². The van der Waals surface area contributed by atoms with Gasteiger partial charge >= 0.3 is 0 Å². The van der Waals surface area contributed by atoms with Gasteiger partial charge in [0.05, 0.1) is 16.6 Å². The van der Waals surface area contributed by atoms with Crippen molar-refractivity contribution >= 4 is 34.9 Å². The largest absolute Gasteiger partial charge is 0.396 e. The molecule has 2 saturated heterocycles. The smallest absolute Gasteiger partial charge is 0.157 e. The van der Waals surface area contributed by atoms with Crippen molar-refractivity contribution in [1.29, 1.82) is 5.26 Å². The zero-order chi connectivity index (χ0) is 18.8. The van der Waals surface area contributed by atoms with Crippen molar-refractivity contribution < 1.29 is 5.11 Å². The number of aromatic nitrogens is 2. The fourth-order valence-corrected chi connectivity index (χ4v) is 6.12. The number of hydrogen-bond donors (Lipinski definition) is 1. The molecular formula is C23H25ClN4O. The number of rotatable bonds is 2. The maximum absolute atomic E-state index is 9.96. The summed E-state index contributed by atoms with van der Waals surface area (Å²) in [5.41, 5.74) is 6.24. The Hall–Kier alpha value is -2.29. The van der Waals surface area contributed by atoms with Gasteiger partial charge in [-0.15, -0.1) is 12.4 Å². The van der Waals surface area contributed by atoms with Crippen LogP contribution in [0.4, 0.5) is 5.82 Å². The van der Waals surface area contributed by atoms with Crippen LogP contribution in [0, 0.1) is 17.2 Å². The topological polar surface area (TPSA) is 64.6 Å². The third kappa shape index (κ3) is 2.52. The molecule has 6 heteroatoms. The first-order valence-electron chi connectivity index (χ1n) is 10.5. The number of benzene rings is 1. The van der Waals surface area contributed by atoms with Gasteiger partial charge in [-0.1, -0.05) is 12.1 Å². The number of pyridine rings is 1. The SMILES string of the molecule is Cl.N#Cc1c2c(c(N3[C@@H]4CC[C@H]3CC(CO)C4)n3c1nc1ccccc13)CCC2. The second kappa shape index (κ2) is 6.90. The van der Waals surface area contributed by atoms with E-state index in [0.29, 0.717) is 24.6 Å². The molecule has 1 unspecified atom stereocenters. The van der Waals surface area contributed by atoms with Crippen LogP contribution in [0.25, 0.3) is 16.7 Å². The molecule has 3 aromatic rings. The summed E-state index contributed by atoms with van der Waals surface area (Å²) in [6.45, 7) is 0.301. The molecule has 3 aliphatic rings. The van der Waals surface area contributed by atoms with Gasteiger partial charge in [0, 0.05) is 18.7 Å². The molecule has 0 saturated carbocycles. The number of para-hydroxylation sites is 2. The molecule has 29 heavy (non-hydrogen) atoms. The Morgan fingerprint density at radius 1 is 1.10 bits per heavy atom. The highest BCUT2D eigenvalue weighted by Crippen LogP contribution is 2.46. The first-order valence-corrected chi connectivity index (χ1v) is 10.5. The Kier molecular flexibility index (Phi) is 4.45. The number of piperidine rings is 1. The third-order valence-corrected chi connectivity index (χ3v) is 7.23. The fourth-order valence-electron chi connectivity index (χ4n) is 6.12. The summed E-state index contributed by atoms with van der Waals surface area (Å²) < 4.78 is 2.28. The molecule has 6 rings (SSSR count). The van der Waals surface area contributed by atoms with Crippen molar-refractivity contribution in [1.82, 2.24) is 9.38 Å². The average molecular weight is 409 g/mol. The lowest BCUT2D eigenvalue weighted by molar-refractivity contribution is 0.185. The number of fused-ring (bicyclic) bond motifs is 6. The standard InChI is InChI=1S/C23H24N4O.ClH/c24-12-19-17-4-3-5-18(17)23(26-15-8-9-16(26)11-14(10-15)13-28)27-21-7-2-1-6-20(21)25-22(19)27;/h1-2,6-7,14-16,28H,3-5,8-11,13H2;1H/t14?,15-,16+;. The lowest BCUT2D eigenvalue weighted by Gasteiger charge is -2.41. The second-order valence-corrected chi connectivity index (χ2v) is 8.69. The van der Waals surface area contributed by atoms with E-state index >= 15 is 0 Å². The van der Waals surface area contributed by atoms with Crippen LogP contribution in [0.3, 0.4) is 0 Å². The number of halogens is 1. The highest BCUT2D eigenvalue weighted by molar-refractivity contribution is 5.87. The predicted octanol–water partition coefficient (Wildman–Crippen LogP) is 4.01. The van der Waals surface area contributed by atoms with Crippen LogP contribution < -0.4 is 4.90 Å². The van der Waals surface area contributed by atoms with Gasteiger partial charge in [0.1, 0.15) is 11.9 Å². The average Bonchev–Trinajstić information content (AvgIpc) is 3.41.